The Labute approximate surface area is 120 Å². The Balaban J connectivity index is 1.96. The molecular formula is C16H25NO3. The highest BCUT2D eigenvalue weighted by molar-refractivity contribution is 5.85. The molecule has 0 spiro atoms. The van der Waals surface area contributed by atoms with Crippen molar-refractivity contribution in [1.29, 1.82) is 0 Å². The second-order valence-corrected chi connectivity index (χ2v) is 6.62. The second-order valence-electron chi connectivity index (χ2n) is 6.62. The van der Waals surface area contributed by atoms with Crippen LogP contribution >= 0.6 is 0 Å². The van der Waals surface area contributed by atoms with Crippen LogP contribution in [0.5, 0.6) is 0 Å². The minimum absolute atomic E-state index is 0.0759. The Hall–Kier alpha value is -1.32. The van der Waals surface area contributed by atoms with E-state index in [1.807, 2.05) is 12.2 Å². The van der Waals surface area contributed by atoms with Gasteiger partial charge in [0, 0.05) is 6.04 Å². The summed E-state index contributed by atoms with van der Waals surface area (Å²) in [6.45, 7) is 4.44. The molecule has 4 nitrogen and oxygen atoms in total. The first-order valence-corrected chi connectivity index (χ1v) is 7.65. The van der Waals surface area contributed by atoms with Crippen molar-refractivity contribution in [3.63, 3.8) is 0 Å². The smallest absolute Gasteiger partial charge is 0.307 e. The normalized spacial score (nSPS) is 37.4. The number of rotatable bonds is 3. The van der Waals surface area contributed by atoms with E-state index in [0.29, 0.717) is 24.7 Å². The molecule has 1 fully saturated rings. The topological polar surface area (TPSA) is 66.4 Å². The highest BCUT2D eigenvalue weighted by Gasteiger charge is 2.35. The van der Waals surface area contributed by atoms with Gasteiger partial charge in [-0.2, -0.15) is 0 Å². The fourth-order valence-electron chi connectivity index (χ4n) is 3.75. The number of hydrogen-bond donors (Lipinski definition) is 2. The zero-order valence-corrected chi connectivity index (χ0v) is 12.3. The maximum absolute atomic E-state index is 12.4. The van der Waals surface area contributed by atoms with Gasteiger partial charge in [0.1, 0.15) is 0 Å². The van der Waals surface area contributed by atoms with Crippen LogP contribution in [0.15, 0.2) is 12.2 Å². The first-order chi connectivity index (χ1) is 9.47. The Morgan fingerprint density at radius 2 is 1.55 bits per heavy atom. The molecule has 2 N–H and O–H groups in total. The van der Waals surface area contributed by atoms with Crippen LogP contribution in [0.3, 0.4) is 0 Å². The summed E-state index contributed by atoms with van der Waals surface area (Å²) in [5.74, 6) is -0.660. The summed E-state index contributed by atoms with van der Waals surface area (Å²) in [5, 5.41) is 12.3. The number of nitrogens with one attached hydrogen (secondary N) is 1. The van der Waals surface area contributed by atoms with Gasteiger partial charge < -0.3 is 10.4 Å². The summed E-state index contributed by atoms with van der Waals surface area (Å²) in [7, 11) is 0. The van der Waals surface area contributed by atoms with Crippen molar-refractivity contribution in [2.45, 2.75) is 52.0 Å². The zero-order valence-electron chi connectivity index (χ0n) is 12.3. The summed E-state index contributed by atoms with van der Waals surface area (Å²) in [6.07, 6.45) is 8.04. The Morgan fingerprint density at radius 3 is 2.10 bits per heavy atom. The standard InChI is InChI=1S/C16H25NO3/c1-10-7-11(2)9-12(8-10)17-15(18)13-5-3-4-6-14(13)16(19)20/h3-4,10-14H,5-9H2,1-2H3,(H,17,18)(H,19,20)/t10?,11?,12?,13-,14+/m1/s1. The Morgan fingerprint density at radius 1 is 1.00 bits per heavy atom. The lowest BCUT2D eigenvalue weighted by atomic mass is 9.79. The third-order valence-electron chi connectivity index (χ3n) is 4.61. The lowest BCUT2D eigenvalue weighted by molar-refractivity contribution is -0.147. The first kappa shape index (κ1) is 15.1. The van der Waals surface area contributed by atoms with Crippen LogP contribution in [0, 0.1) is 23.7 Å². The quantitative estimate of drug-likeness (QED) is 0.780. The molecular weight excluding hydrogens is 254 g/mol. The fourth-order valence-corrected chi connectivity index (χ4v) is 3.75. The van der Waals surface area contributed by atoms with Gasteiger partial charge in [0.15, 0.2) is 0 Å². The van der Waals surface area contributed by atoms with E-state index < -0.39 is 17.8 Å². The highest BCUT2D eigenvalue weighted by Crippen LogP contribution is 2.30. The lowest BCUT2D eigenvalue weighted by Crippen LogP contribution is -2.45. The van der Waals surface area contributed by atoms with E-state index in [0.717, 1.165) is 12.8 Å². The van der Waals surface area contributed by atoms with E-state index in [4.69, 9.17) is 0 Å². The predicted molar refractivity (Wildman–Crippen MR) is 77.1 cm³/mol. The van der Waals surface area contributed by atoms with Crippen molar-refractivity contribution in [2.75, 3.05) is 0 Å². The molecule has 0 saturated heterocycles. The molecule has 0 heterocycles. The highest BCUT2D eigenvalue weighted by atomic mass is 16.4. The van der Waals surface area contributed by atoms with E-state index in [9.17, 15) is 14.7 Å². The van der Waals surface area contributed by atoms with E-state index >= 15 is 0 Å². The van der Waals surface area contributed by atoms with Crippen LogP contribution in [-0.2, 0) is 9.59 Å². The summed E-state index contributed by atoms with van der Waals surface area (Å²) >= 11 is 0. The molecule has 1 amide bonds. The number of allylic oxidation sites excluding steroid dienone is 2. The van der Waals surface area contributed by atoms with Crippen LogP contribution in [-0.4, -0.2) is 23.0 Å². The van der Waals surface area contributed by atoms with Crippen molar-refractivity contribution in [3.05, 3.63) is 12.2 Å². The van der Waals surface area contributed by atoms with Gasteiger partial charge in [-0.15, -0.1) is 0 Å². The Bertz CT molecular complexity index is 395. The van der Waals surface area contributed by atoms with Crippen molar-refractivity contribution >= 4 is 11.9 Å². The number of carboxylic acids is 1. The average Bonchev–Trinajstić information content (AvgIpc) is 2.37. The molecule has 2 aliphatic rings. The number of carbonyl (C=O) groups excluding carboxylic acids is 1. The Kier molecular flexibility index (Phi) is 4.84. The first-order valence-electron chi connectivity index (χ1n) is 7.65. The molecule has 0 aromatic heterocycles. The molecule has 0 aromatic carbocycles. The summed E-state index contributed by atoms with van der Waals surface area (Å²) in [6, 6.07) is 0.210. The number of hydrogen-bond acceptors (Lipinski definition) is 2. The molecule has 0 radical (unpaired) electrons. The number of carboxylic acid groups (broad SMARTS) is 1. The third-order valence-corrected chi connectivity index (χ3v) is 4.61. The van der Waals surface area contributed by atoms with Crippen LogP contribution in [0.1, 0.15) is 46.0 Å². The minimum Gasteiger partial charge on any atom is -0.481 e. The van der Waals surface area contributed by atoms with E-state index in [-0.39, 0.29) is 11.9 Å². The largest absolute Gasteiger partial charge is 0.481 e. The van der Waals surface area contributed by atoms with E-state index in [2.05, 4.69) is 19.2 Å². The van der Waals surface area contributed by atoms with Gasteiger partial charge in [-0.25, -0.2) is 0 Å². The fraction of sp³-hybridized carbons (Fsp3) is 0.750. The lowest BCUT2D eigenvalue weighted by Gasteiger charge is -2.34. The van der Waals surface area contributed by atoms with E-state index in [1.165, 1.54) is 6.42 Å². The third kappa shape index (κ3) is 3.62. The van der Waals surface area contributed by atoms with Crippen molar-refractivity contribution in [3.8, 4) is 0 Å². The van der Waals surface area contributed by atoms with Gasteiger partial charge in [0.2, 0.25) is 5.91 Å². The van der Waals surface area contributed by atoms with Crippen LogP contribution in [0.4, 0.5) is 0 Å². The molecule has 112 valence electrons. The predicted octanol–water partition coefficient (Wildman–Crippen LogP) is 2.59. The zero-order chi connectivity index (χ0) is 14.7. The molecule has 0 bridgehead atoms. The second kappa shape index (κ2) is 6.42. The average molecular weight is 279 g/mol. The van der Waals surface area contributed by atoms with Gasteiger partial charge in [-0.05, 0) is 43.9 Å². The minimum atomic E-state index is -0.861. The van der Waals surface area contributed by atoms with Crippen molar-refractivity contribution < 1.29 is 14.7 Å². The number of aliphatic carboxylic acids is 1. The molecule has 1 saturated carbocycles. The van der Waals surface area contributed by atoms with Crippen LogP contribution in [0.2, 0.25) is 0 Å². The van der Waals surface area contributed by atoms with Gasteiger partial charge >= 0.3 is 5.97 Å². The molecule has 0 aromatic rings. The molecule has 2 aliphatic carbocycles. The van der Waals surface area contributed by atoms with Gasteiger partial charge in [-0.1, -0.05) is 26.0 Å². The summed E-state index contributed by atoms with van der Waals surface area (Å²) in [4.78, 5) is 23.6. The van der Waals surface area contributed by atoms with Gasteiger partial charge in [-0.3, -0.25) is 9.59 Å². The molecule has 2 unspecified atom stereocenters. The SMILES string of the molecule is CC1CC(C)CC(NC(=O)[C@@H]2CC=CC[C@@H]2C(=O)O)C1. The number of amides is 1. The van der Waals surface area contributed by atoms with Gasteiger partial charge in [0.25, 0.3) is 0 Å². The number of carbonyl (C=O) groups is 2. The summed E-state index contributed by atoms with van der Waals surface area (Å²) < 4.78 is 0. The molecule has 4 atom stereocenters. The monoisotopic (exact) mass is 279 g/mol. The molecule has 2 rings (SSSR count). The maximum Gasteiger partial charge on any atom is 0.307 e. The summed E-state index contributed by atoms with van der Waals surface area (Å²) in [5.41, 5.74) is 0. The molecule has 20 heavy (non-hydrogen) atoms. The van der Waals surface area contributed by atoms with Crippen LogP contribution < -0.4 is 5.32 Å². The molecule has 0 aliphatic heterocycles. The van der Waals surface area contributed by atoms with Crippen LogP contribution in [0.25, 0.3) is 0 Å². The maximum atomic E-state index is 12.4. The van der Waals surface area contributed by atoms with Gasteiger partial charge in [0.05, 0.1) is 11.8 Å². The van der Waals surface area contributed by atoms with Crippen molar-refractivity contribution in [1.82, 2.24) is 5.32 Å². The molecule has 4 heteroatoms. The van der Waals surface area contributed by atoms with E-state index in [1.54, 1.807) is 0 Å². The van der Waals surface area contributed by atoms with Crippen molar-refractivity contribution in [2.24, 2.45) is 23.7 Å².